The molecular weight excluding hydrogens is 234 g/mol. The summed E-state index contributed by atoms with van der Waals surface area (Å²) in [5.74, 6) is 0. The van der Waals surface area contributed by atoms with E-state index in [1.54, 1.807) is 0 Å². The molecule has 0 saturated carbocycles. The molecule has 12 heavy (non-hydrogen) atoms. The molecule has 0 aliphatic heterocycles. The van der Waals surface area contributed by atoms with Gasteiger partial charge in [-0.05, 0) is 36.3 Å². The van der Waals surface area contributed by atoms with Gasteiger partial charge in [-0.2, -0.15) is 4.99 Å². The number of hydrogen-bond donors (Lipinski definition) is 0. The van der Waals surface area contributed by atoms with E-state index in [0.717, 1.165) is 16.6 Å². The van der Waals surface area contributed by atoms with Crippen molar-refractivity contribution in [3.63, 3.8) is 0 Å². The van der Waals surface area contributed by atoms with Crippen LogP contribution in [0.1, 0.15) is 11.1 Å². The van der Waals surface area contributed by atoms with Gasteiger partial charge in [0.1, 0.15) is 0 Å². The summed E-state index contributed by atoms with van der Waals surface area (Å²) in [6.45, 7) is 2.01. The van der Waals surface area contributed by atoms with Crippen LogP contribution in [0.15, 0.2) is 23.2 Å². The van der Waals surface area contributed by atoms with E-state index in [9.17, 15) is 0 Å². The number of halogens is 1. The Morgan fingerprint density at radius 2 is 2.33 bits per heavy atom. The quantitative estimate of drug-likeness (QED) is 0.438. The van der Waals surface area contributed by atoms with Crippen molar-refractivity contribution in [3.05, 3.63) is 29.3 Å². The number of nitrogens with zero attached hydrogens (tertiary/aromatic N) is 1. The normalized spacial score (nSPS) is 9.17. The minimum Gasteiger partial charge on any atom is -0.194 e. The van der Waals surface area contributed by atoms with Crippen molar-refractivity contribution in [2.24, 2.45) is 4.99 Å². The second-order valence-electron chi connectivity index (χ2n) is 2.46. The number of hydrogen-bond acceptors (Lipinski definition) is 2. The Hall–Kier alpha value is -0.500. The number of rotatable bonds is 2. The summed E-state index contributed by atoms with van der Waals surface area (Å²) in [6.07, 6.45) is 0. The van der Waals surface area contributed by atoms with Crippen LogP contribution in [-0.2, 0) is 5.33 Å². The molecule has 0 atom stereocenters. The van der Waals surface area contributed by atoms with Gasteiger partial charge in [0.15, 0.2) is 0 Å². The summed E-state index contributed by atoms with van der Waals surface area (Å²) in [5, 5.41) is 3.23. The molecule has 0 heterocycles. The van der Waals surface area contributed by atoms with Gasteiger partial charge >= 0.3 is 0 Å². The SMILES string of the molecule is Cc1cc(CBr)ccc1N=C=S. The summed E-state index contributed by atoms with van der Waals surface area (Å²) < 4.78 is 0. The fourth-order valence-electron chi connectivity index (χ4n) is 0.975. The molecule has 1 aromatic rings. The Balaban J connectivity index is 3.11. The largest absolute Gasteiger partial charge is 0.194 e. The molecule has 1 aromatic carbocycles. The molecule has 0 saturated heterocycles. The third-order valence-electron chi connectivity index (χ3n) is 1.58. The number of aryl methyl sites for hydroxylation is 1. The number of aliphatic imine (C=N–C) groups is 1. The highest BCUT2D eigenvalue weighted by atomic mass is 79.9. The van der Waals surface area contributed by atoms with Gasteiger partial charge in [-0.25, -0.2) is 0 Å². The van der Waals surface area contributed by atoms with Gasteiger partial charge in [0.25, 0.3) is 0 Å². The third-order valence-corrected chi connectivity index (χ3v) is 2.32. The molecule has 0 aromatic heterocycles. The van der Waals surface area contributed by atoms with Crippen LogP contribution in [0.2, 0.25) is 0 Å². The Bertz CT molecular complexity index is 329. The van der Waals surface area contributed by atoms with E-state index >= 15 is 0 Å². The minimum atomic E-state index is 0.870. The van der Waals surface area contributed by atoms with Crippen LogP contribution < -0.4 is 0 Å². The average molecular weight is 242 g/mol. The minimum absolute atomic E-state index is 0.870. The lowest BCUT2D eigenvalue weighted by atomic mass is 10.1. The first-order valence-electron chi connectivity index (χ1n) is 3.51. The molecule has 0 amide bonds. The van der Waals surface area contributed by atoms with Gasteiger partial charge in [-0.1, -0.05) is 28.1 Å². The van der Waals surface area contributed by atoms with E-state index in [1.807, 2.05) is 19.1 Å². The lowest BCUT2D eigenvalue weighted by Gasteiger charge is -2.00. The molecule has 0 spiro atoms. The van der Waals surface area contributed by atoms with E-state index in [2.05, 4.69) is 44.4 Å². The van der Waals surface area contributed by atoms with Crippen molar-refractivity contribution in [3.8, 4) is 0 Å². The summed E-state index contributed by atoms with van der Waals surface area (Å²) in [5.41, 5.74) is 3.27. The van der Waals surface area contributed by atoms with Crippen LogP contribution in [0.25, 0.3) is 0 Å². The third kappa shape index (κ3) is 2.24. The highest BCUT2D eigenvalue weighted by Gasteiger charge is 1.96. The molecule has 62 valence electrons. The van der Waals surface area contributed by atoms with E-state index in [1.165, 1.54) is 5.56 Å². The summed E-state index contributed by atoms with van der Waals surface area (Å²) in [6, 6.07) is 6.05. The lowest BCUT2D eigenvalue weighted by Crippen LogP contribution is -1.79. The first kappa shape index (κ1) is 9.59. The van der Waals surface area contributed by atoms with Gasteiger partial charge in [-0.15, -0.1) is 0 Å². The molecule has 1 nitrogen and oxygen atoms in total. The smallest absolute Gasteiger partial charge is 0.0768 e. The predicted octanol–water partition coefficient (Wildman–Crippen LogP) is 3.62. The Morgan fingerprint density at radius 3 is 2.83 bits per heavy atom. The first-order valence-corrected chi connectivity index (χ1v) is 5.04. The van der Waals surface area contributed by atoms with E-state index in [-0.39, 0.29) is 0 Å². The molecule has 0 bridgehead atoms. The maximum absolute atomic E-state index is 4.53. The van der Waals surface area contributed by atoms with Crippen LogP contribution in [0.3, 0.4) is 0 Å². The lowest BCUT2D eigenvalue weighted by molar-refractivity contribution is 1.34. The van der Waals surface area contributed by atoms with Crippen LogP contribution in [0.4, 0.5) is 5.69 Å². The first-order chi connectivity index (χ1) is 5.77. The maximum atomic E-state index is 4.53. The molecule has 0 N–H and O–H groups in total. The van der Waals surface area contributed by atoms with E-state index in [4.69, 9.17) is 0 Å². The molecule has 0 aliphatic carbocycles. The van der Waals surface area contributed by atoms with Crippen molar-refractivity contribution in [2.75, 3.05) is 0 Å². The summed E-state index contributed by atoms with van der Waals surface area (Å²) in [7, 11) is 0. The highest BCUT2D eigenvalue weighted by Crippen LogP contribution is 2.20. The van der Waals surface area contributed by atoms with Gasteiger partial charge in [0.2, 0.25) is 0 Å². The van der Waals surface area contributed by atoms with Gasteiger partial charge in [0.05, 0.1) is 10.8 Å². The van der Waals surface area contributed by atoms with Crippen LogP contribution in [0.5, 0.6) is 0 Å². The van der Waals surface area contributed by atoms with Crippen molar-refractivity contribution in [2.45, 2.75) is 12.3 Å². The van der Waals surface area contributed by atoms with Crippen molar-refractivity contribution in [1.82, 2.24) is 0 Å². The standard InChI is InChI=1S/C9H8BrNS/c1-7-4-8(5-10)2-3-9(7)11-6-12/h2-4H,5H2,1H3. The number of alkyl halides is 1. The average Bonchev–Trinajstić information content (AvgIpc) is 2.09. The van der Waals surface area contributed by atoms with Gasteiger partial charge in [0, 0.05) is 5.33 Å². The monoisotopic (exact) mass is 241 g/mol. The second-order valence-corrected chi connectivity index (χ2v) is 3.20. The fraction of sp³-hybridized carbons (Fsp3) is 0.222. The van der Waals surface area contributed by atoms with Crippen LogP contribution in [0, 0.1) is 6.92 Å². The molecule has 0 unspecified atom stereocenters. The Kier molecular flexibility index (Phi) is 3.60. The Morgan fingerprint density at radius 1 is 1.58 bits per heavy atom. The molecule has 0 aliphatic rings. The molecule has 3 heteroatoms. The van der Waals surface area contributed by atoms with Crippen molar-refractivity contribution >= 4 is 39.0 Å². The van der Waals surface area contributed by atoms with Crippen LogP contribution in [-0.4, -0.2) is 5.16 Å². The number of isothiocyanates is 1. The summed E-state index contributed by atoms with van der Waals surface area (Å²) >= 11 is 7.92. The second kappa shape index (κ2) is 4.51. The van der Waals surface area contributed by atoms with Crippen LogP contribution >= 0.6 is 28.1 Å². The van der Waals surface area contributed by atoms with E-state index in [0.29, 0.717) is 0 Å². The predicted molar refractivity (Wildman–Crippen MR) is 58.5 cm³/mol. The van der Waals surface area contributed by atoms with Gasteiger partial charge in [-0.3, -0.25) is 0 Å². The topological polar surface area (TPSA) is 12.4 Å². The zero-order valence-electron chi connectivity index (χ0n) is 6.67. The number of thiocarbonyl (C=S) groups is 1. The molecule has 0 radical (unpaired) electrons. The van der Waals surface area contributed by atoms with Crippen molar-refractivity contribution < 1.29 is 0 Å². The highest BCUT2D eigenvalue weighted by molar-refractivity contribution is 9.08. The fourth-order valence-corrected chi connectivity index (χ4v) is 1.42. The molecule has 1 rings (SSSR count). The Labute approximate surface area is 85.6 Å². The summed E-state index contributed by atoms with van der Waals surface area (Å²) in [4.78, 5) is 3.93. The van der Waals surface area contributed by atoms with Crippen molar-refractivity contribution in [1.29, 1.82) is 0 Å². The molecular formula is C9H8BrNS. The molecule has 0 fully saturated rings. The van der Waals surface area contributed by atoms with E-state index < -0.39 is 0 Å². The number of benzene rings is 1. The zero-order valence-corrected chi connectivity index (χ0v) is 9.08. The zero-order chi connectivity index (χ0) is 8.97. The maximum Gasteiger partial charge on any atom is 0.0768 e. The van der Waals surface area contributed by atoms with Gasteiger partial charge < -0.3 is 0 Å².